The van der Waals surface area contributed by atoms with Gasteiger partial charge in [-0.15, -0.1) is 0 Å². The molecule has 0 spiro atoms. The van der Waals surface area contributed by atoms with E-state index in [1.165, 1.54) is 42.8 Å². The lowest BCUT2D eigenvalue weighted by Gasteiger charge is -2.12. The Balaban J connectivity index is 1.41. The van der Waals surface area contributed by atoms with Crippen LogP contribution in [0.2, 0.25) is 10.0 Å². The van der Waals surface area contributed by atoms with Crippen molar-refractivity contribution in [2.75, 3.05) is 11.9 Å². The van der Waals surface area contributed by atoms with Gasteiger partial charge in [-0.1, -0.05) is 29.3 Å². The van der Waals surface area contributed by atoms with Gasteiger partial charge in [0.25, 0.3) is 11.8 Å². The zero-order chi connectivity index (χ0) is 27.8. The normalized spacial score (nSPS) is 10.7. The fraction of sp³-hybridized carbons (Fsp3) is 0.0714. The van der Waals surface area contributed by atoms with Gasteiger partial charge in [-0.05, 0) is 79.2 Å². The van der Waals surface area contributed by atoms with Crippen molar-refractivity contribution in [1.82, 2.24) is 5.43 Å². The molecule has 1 aromatic heterocycles. The van der Waals surface area contributed by atoms with Crippen molar-refractivity contribution < 1.29 is 28.3 Å². The molecule has 0 saturated carbocycles. The summed E-state index contributed by atoms with van der Waals surface area (Å²) in [6, 6.07) is 18.7. The van der Waals surface area contributed by atoms with Gasteiger partial charge >= 0.3 is 5.97 Å². The Morgan fingerprint density at radius 3 is 2.54 bits per heavy atom. The van der Waals surface area contributed by atoms with E-state index < -0.39 is 17.8 Å². The lowest BCUT2D eigenvalue weighted by molar-refractivity contribution is 0.0728. The Kier molecular flexibility index (Phi) is 8.98. The number of halogens is 2. The van der Waals surface area contributed by atoms with Gasteiger partial charge in [0.1, 0.15) is 0 Å². The zero-order valence-electron chi connectivity index (χ0n) is 20.4. The van der Waals surface area contributed by atoms with E-state index in [2.05, 4.69) is 15.8 Å². The van der Waals surface area contributed by atoms with E-state index in [0.717, 1.165) is 0 Å². The topological polar surface area (TPSA) is 119 Å². The average Bonchev–Trinajstić information content (AvgIpc) is 3.46. The van der Waals surface area contributed by atoms with Crippen molar-refractivity contribution in [1.29, 1.82) is 0 Å². The number of hydrogen-bond acceptors (Lipinski definition) is 7. The minimum absolute atomic E-state index is 0.149. The number of furan rings is 1. The van der Waals surface area contributed by atoms with Crippen molar-refractivity contribution in [2.24, 2.45) is 5.10 Å². The molecule has 0 atom stereocenters. The van der Waals surface area contributed by atoms with Gasteiger partial charge in [0.2, 0.25) is 0 Å². The monoisotopic (exact) mass is 565 g/mol. The van der Waals surface area contributed by atoms with Gasteiger partial charge in [-0.2, -0.15) is 5.10 Å². The summed E-state index contributed by atoms with van der Waals surface area (Å²) < 4.78 is 16.2. The first-order chi connectivity index (χ1) is 18.8. The summed E-state index contributed by atoms with van der Waals surface area (Å²) in [5, 5.41) is 7.21. The standard InChI is InChI=1S/C28H21Cl2N3O6/c1-2-37-25-13-17(8-11-23(25)39-28(36)21-10-9-19(29)15-22(21)30)16-31-33-26(34)18-5-3-6-20(14-18)32-27(35)24-7-4-12-38-24/h3-16H,2H2,1H3,(H,32,35)(H,33,34). The predicted octanol–water partition coefficient (Wildman–Crippen LogP) is 6.22. The second kappa shape index (κ2) is 12.8. The summed E-state index contributed by atoms with van der Waals surface area (Å²) in [6.07, 6.45) is 2.80. The SMILES string of the molecule is CCOc1cc(C=NNC(=O)c2cccc(NC(=O)c3ccco3)c2)ccc1OC(=O)c1ccc(Cl)cc1Cl. The van der Waals surface area contributed by atoms with Gasteiger partial charge in [0.05, 0.1) is 29.7 Å². The van der Waals surface area contributed by atoms with Crippen molar-refractivity contribution >= 4 is 52.9 Å². The number of anilines is 1. The number of hydrogen-bond donors (Lipinski definition) is 2. The number of esters is 1. The Morgan fingerprint density at radius 1 is 0.949 bits per heavy atom. The lowest BCUT2D eigenvalue weighted by atomic mass is 10.2. The van der Waals surface area contributed by atoms with Crippen LogP contribution < -0.4 is 20.2 Å². The average molecular weight is 566 g/mol. The fourth-order valence-corrected chi connectivity index (χ4v) is 3.82. The number of ether oxygens (including phenoxy) is 2. The second-order valence-corrected chi connectivity index (χ2v) is 8.71. The van der Waals surface area contributed by atoms with E-state index in [9.17, 15) is 14.4 Å². The predicted molar refractivity (Wildman–Crippen MR) is 147 cm³/mol. The van der Waals surface area contributed by atoms with Gasteiger partial charge in [-0.25, -0.2) is 10.2 Å². The van der Waals surface area contributed by atoms with Crippen LogP contribution in [0.15, 0.2) is 88.6 Å². The molecule has 0 aliphatic rings. The molecule has 39 heavy (non-hydrogen) atoms. The number of nitrogens with zero attached hydrogens (tertiary/aromatic N) is 1. The molecule has 4 aromatic rings. The molecule has 1 heterocycles. The molecule has 0 aliphatic heterocycles. The van der Waals surface area contributed by atoms with Crippen molar-refractivity contribution in [3.05, 3.63) is 112 Å². The molecule has 0 saturated heterocycles. The minimum atomic E-state index is -0.672. The molecule has 0 aliphatic carbocycles. The van der Waals surface area contributed by atoms with Gasteiger partial charge < -0.3 is 19.2 Å². The van der Waals surface area contributed by atoms with Crippen LogP contribution in [-0.4, -0.2) is 30.6 Å². The molecule has 3 aromatic carbocycles. The van der Waals surface area contributed by atoms with Crippen LogP contribution in [0, 0.1) is 0 Å². The third kappa shape index (κ3) is 7.25. The van der Waals surface area contributed by atoms with Crippen LogP contribution in [0.25, 0.3) is 0 Å². The first-order valence-electron chi connectivity index (χ1n) is 11.6. The van der Waals surface area contributed by atoms with E-state index in [1.807, 2.05) is 0 Å². The fourth-order valence-electron chi connectivity index (χ4n) is 3.34. The first-order valence-corrected chi connectivity index (χ1v) is 12.3. The highest BCUT2D eigenvalue weighted by atomic mass is 35.5. The molecule has 2 amide bonds. The highest BCUT2D eigenvalue weighted by molar-refractivity contribution is 6.36. The zero-order valence-corrected chi connectivity index (χ0v) is 22.0. The Labute approximate surface area is 233 Å². The third-order valence-electron chi connectivity index (χ3n) is 5.13. The summed E-state index contributed by atoms with van der Waals surface area (Å²) in [4.78, 5) is 37.3. The van der Waals surface area contributed by atoms with Crippen LogP contribution in [0.4, 0.5) is 5.69 Å². The molecule has 2 N–H and O–H groups in total. The second-order valence-electron chi connectivity index (χ2n) is 7.86. The molecule has 4 rings (SSSR count). The van der Waals surface area contributed by atoms with Crippen LogP contribution in [0.1, 0.15) is 43.8 Å². The van der Waals surface area contributed by atoms with Gasteiger partial charge in [0, 0.05) is 16.3 Å². The van der Waals surface area contributed by atoms with Gasteiger partial charge in [-0.3, -0.25) is 9.59 Å². The van der Waals surface area contributed by atoms with E-state index in [-0.39, 0.29) is 27.7 Å². The molecular weight excluding hydrogens is 545 g/mol. The molecule has 198 valence electrons. The molecule has 0 unspecified atom stereocenters. The van der Waals surface area contributed by atoms with Crippen molar-refractivity contribution in [2.45, 2.75) is 6.92 Å². The summed E-state index contributed by atoms with van der Waals surface area (Å²) in [6.45, 7) is 2.10. The number of nitrogens with one attached hydrogen (secondary N) is 2. The number of benzene rings is 3. The number of rotatable bonds is 9. The summed E-state index contributed by atoms with van der Waals surface area (Å²) in [7, 11) is 0. The maximum atomic E-state index is 12.6. The smallest absolute Gasteiger partial charge is 0.345 e. The minimum Gasteiger partial charge on any atom is -0.490 e. The van der Waals surface area contributed by atoms with Crippen molar-refractivity contribution in [3.63, 3.8) is 0 Å². The Morgan fingerprint density at radius 2 is 1.79 bits per heavy atom. The Bertz CT molecular complexity index is 1540. The summed E-state index contributed by atoms with van der Waals surface area (Å²) in [5.74, 6) is -0.972. The van der Waals surface area contributed by atoms with Crippen LogP contribution in [0.5, 0.6) is 11.5 Å². The van der Waals surface area contributed by atoms with E-state index in [0.29, 0.717) is 28.6 Å². The molecule has 0 radical (unpaired) electrons. The van der Waals surface area contributed by atoms with E-state index in [4.69, 9.17) is 37.1 Å². The molecule has 0 bridgehead atoms. The van der Waals surface area contributed by atoms with E-state index in [1.54, 1.807) is 49.4 Å². The lowest BCUT2D eigenvalue weighted by Crippen LogP contribution is -2.18. The molecular formula is C28H21Cl2N3O6. The Hall–Kier alpha value is -4.60. The van der Waals surface area contributed by atoms with Crippen LogP contribution in [0.3, 0.4) is 0 Å². The highest BCUT2D eigenvalue weighted by Gasteiger charge is 2.16. The summed E-state index contributed by atoms with van der Waals surface area (Å²) in [5.41, 5.74) is 3.86. The molecule has 9 nitrogen and oxygen atoms in total. The molecule has 0 fully saturated rings. The first kappa shape index (κ1) is 27.4. The number of hydrazone groups is 1. The number of carbonyl (C=O) groups excluding carboxylic acids is 3. The highest BCUT2D eigenvalue weighted by Crippen LogP contribution is 2.30. The van der Waals surface area contributed by atoms with E-state index >= 15 is 0 Å². The quantitative estimate of drug-likeness (QED) is 0.107. The summed E-state index contributed by atoms with van der Waals surface area (Å²) >= 11 is 12.0. The number of carbonyl (C=O) groups is 3. The third-order valence-corrected chi connectivity index (χ3v) is 5.68. The van der Waals surface area contributed by atoms with Gasteiger partial charge in [0.15, 0.2) is 17.3 Å². The van der Waals surface area contributed by atoms with Crippen LogP contribution >= 0.6 is 23.2 Å². The molecule has 11 heteroatoms. The van der Waals surface area contributed by atoms with Crippen LogP contribution in [-0.2, 0) is 0 Å². The maximum Gasteiger partial charge on any atom is 0.345 e. The number of amides is 2. The largest absolute Gasteiger partial charge is 0.490 e. The van der Waals surface area contributed by atoms with Crippen molar-refractivity contribution in [3.8, 4) is 11.5 Å². The maximum absolute atomic E-state index is 12.6.